The highest BCUT2D eigenvalue weighted by Crippen LogP contribution is 2.23. The van der Waals surface area contributed by atoms with Crippen LogP contribution in [0.3, 0.4) is 0 Å². The monoisotopic (exact) mass is 354 g/mol. The summed E-state index contributed by atoms with van der Waals surface area (Å²) in [6.45, 7) is 0.706. The van der Waals surface area contributed by atoms with Gasteiger partial charge in [-0.25, -0.2) is 5.43 Å². The van der Waals surface area contributed by atoms with E-state index in [0.717, 1.165) is 17.0 Å². The van der Waals surface area contributed by atoms with Crippen LogP contribution >= 0.6 is 22.6 Å². The van der Waals surface area contributed by atoms with Crippen molar-refractivity contribution in [1.29, 1.82) is 0 Å². The average Bonchev–Trinajstić information content (AvgIpc) is 2.41. The molecule has 2 aromatic rings. The molecule has 0 amide bonds. The highest BCUT2D eigenvalue weighted by atomic mass is 127. The first kappa shape index (κ1) is 13.2. The lowest BCUT2D eigenvalue weighted by Crippen LogP contribution is -2.21. The first-order valence-electron chi connectivity index (χ1n) is 5.66. The third-order valence-electron chi connectivity index (χ3n) is 2.57. The Morgan fingerprint density at radius 3 is 2.56 bits per heavy atom. The van der Waals surface area contributed by atoms with Gasteiger partial charge in [0, 0.05) is 21.4 Å². The molecular formula is C14H15IN2O. The molecule has 0 spiro atoms. The molecule has 0 saturated carbocycles. The summed E-state index contributed by atoms with van der Waals surface area (Å²) < 4.78 is 6.55. The topological polar surface area (TPSA) is 33.3 Å². The zero-order valence-electron chi connectivity index (χ0n) is 10.1. The van der Waals surface area contributed by atoms with Gasteiger partial charge < -0.3 is 10.2 Å². The van der Waals surface area contributed by atoms with Gasteiger partial charge in [0.1, 0.15) is 5.75 Å². The number of rotatable bonds is 5. The summed E-state index contributed by atoms with van der Waals surface area (Å²) in [7, 11) is 1.69. The van der Waals surface area contributed by atoms with E-state index in [4.69, 9.17) is 4.74 Å². The van der Waals surface area contributed by atoms with Crippen LogP contribution in [0.2, 0.25) is 0 Å². The standard InChI is InChI=1S/C14H15IN2O/c1-18-14-9-5-8-13(15)12(14)10-16-17-11-6-3-2-4-7-11/h2-9,16-17H,10H2,1H3. The lowest BCUT2D eigenvalue weighted by Gasteiger charge is -2.12. The summed E-state index contributed by atoms with van der Waals surface area (Å²) in [4.78, 5) is 0. The molecule has 0 unspecified atom stereocenters. The summed E-state index contributed by atoms with van der Waals surface area (Å²) in [5, 5.41) is 0. The number of hydrogen-bond acceptors (Lipinski definition) is 3. The molecule has 0 bridgehead atoms. The van der Waals surface area contributed by atoms with Gasteiger partial charge in [-0.3, -0.25) is 0 Å². The summed E-state index contributed by atoms with van der Waals surface area (Å²) in [6.07, 6.45) is 0. The minimum absolute atomic E-state index is 0.706. The number of nitrogens with one attached hydrogen (secondary N) is 2. The Bertz CT molecular complexity index is 502. The van der Waals surface area contributed by atoms with Gasteiger partial charge in [-0.15, -0.1) is 0 Å². The van der Waals surface area contributed by atoms with Crippen LogP contribution in [0.1, 0.15) is 5.56 Å². The van der Waals surface area contributed by atoms with Crippen LogP contribution < -0.4 is 15.6 Å². The van der Waals surface area contributed by atoms with E-state index in [9.17, 15) is 0 Å². The van der Waals surface area contributed by atoms with Gasteiger partial charge >= 0.3 is 0 Å². The molecular weight excluding hydrogens is 339 g/mol. The van der Waals surface area contributed by atoms with Crippen LogP contribution in [0.5, 0.6) is 5.75 Å². The predicted molar refractivity (Wildman–Crippen MR) is 82.6 cm³/mol. The second-order valence-electron chi connectivity index (χ2n) is 3.77. The maximum Gasteiger partial charge on any atom is 0.124 e. The molecule has 2 aromatic carbocycles. The fourth-order valence-corrected chi connectivity index (χ4v) is 2.32. The molecule has 0 fully saturated rings. The summed E-state index contributed by atoms with van der Waals surface area (Å²) >= 11 is 2.32. The largest absolute Gasteiger partial charge is 0.496 e. The molecule has 4 heteroatoms. The van der Waals surface area contributed by atoms with Crippen molar-refractivity contribution in [3.05, 3.63) is 57.7 Å². The second-order valence-corrected chi connectivity index (χ2v) is 4.93. The first-order valence-corrected chi connectivity index (χ1v) is 6.74. The third kappa shape index (κ3) is 3.36. The Kier molecular flexibility index (Phi) is 4.83. The predicted octanol–water partition coefficient (Wildman–Crippen LogP) is 3.42. The molecule has 0 aromatic heterocycles. The van der Waals surface area contributed by atoms with Gasteiger partial charge in [0.05, 0.1) is 7.11 Å². The minimum Gasteiger partial charge on any atom is -0.496 e. The summed E-state index contributed by atoms with van der Waals surface area (Å²) in [5.74, 6) is 0.907. The van der Waals surface area contributed by atoms with Crippen molar-refractivity contribution in [2.24, 2.45) is 0 Å². The lowest BCUT2D eigenvalue weighted by atomic mass is 10.2. The molecule has 0 aliphatic carbocycles. The SMILES string of the molecule is COc1cccc(I)c1CNNc1ccccc1. The van der Waals surface area contributed by atoms with Gasteiger partial charge in [-0.1, -0.05) is 24.3 Å². The van der Waals surface area contributed by atoms with Gasteiger partial charge in [0.15, 0.2) is 0 Å². The number of benzene rings is 2. The van der Waals surface area contributed by atoms with Gasteiger partial charge in [-0.2, -0.15) is 0 Å². The number of halogens is 1. The zero-order valence-corrected chi connectivity index (χ0v) is 12.3. The van der Waals surface area contributed by atoms with E-state index in [1.54, 1.807) is 7.11 Å². The van der Waals surface area contributed by atoms with Crippen molar-refractivity contribution >= 4 is 28.3 Å². The number of methoxy groups -OCH3 is 1. The van der Waals surface area contributed by atoms with Crippen molar-refractivity contribution in [2.75, 3.05) is 12.5 Å². The van der Waals surface area contributed by atoms with Crippen molar-refractivity contribution in [3.8, 4) is 5.75 Å². The van der Waals surface area contributed by atoms with Crippen LogP contribution in [0.25, 0.3) is 0 Å². The third-order valence-corrected chi connectivity index (χ3v) is 3.58. The Morgan fingerprint density at radius 2 is 1.83 bits per heavy atom. The fraction of sp³-hybridized carbons (Fsp3) is 0.143. The highest BCUT2D eigenvalue weighted by molar-refractivity contribution is 14.1. The van der Waals surface area contributed by atoms with Crippen molar-refractivity contribution in [2.45, 2.75) is 6.54 Å². The minimum atomic E-state index is 0.706. The molecule has 0 aliphatic heterocycles. The number of hydrogen-bond donors (Lipinski definition) is 2. The highest BCUT2D eigenvalue weighted by Gasteiger charge is 2.06. The van der Waals surface area contributed by atoms with E-state index in [-0.39, 0.29) is 0 Å². The van der Waals surface area contributed by atoms with Crippen LogP contribution in [0, 0.1) is 3.57 Å². The molecule has 2 rings (SSSR count). The summed E-state index contributed by atoms with van der Waals surface area (Å²) in [6, 6.07) is 16.1. The lowest BCUT2D eigenvalue weighted by molar-refractivity contribution is 0.408. The Labute approximate surface area is 121 Å². The number of para-hydroxylation sites is 1. The van der Waals surface area contributed by atoms with Crippen molar-refractivity contribution in [1.82, 2.24) is 5.43 Å². The summed E-state index contributed by atoms with van der Waals surface area (Å²) in [5.41, 5.74) is 8.56. The van der Waals surface area contributed by atoms with E-state index < -0.39 is 0 Å². The Morgan fingerprint density at radius 1 is 1.06 bits per heavy atom. The number of hydrazine groups is 1. The van der Waals surface area contributed by atoms with Gasteiger partial charge in [0.2, 0.25) is 0 Å². The smallest absolute Gasteiger partial charge is 0.124 e. The fourth-order valence-electron chi connectivity index (χ4n) is 1.66. The van der Waals surface area contributed by atoms with Gasteiger partial charge in [0.25, 0.3) is 0 Å². The Balaban J connectivity index is 1.98. The van der Waals surface area contributed by atoms with E-state index in [1.807, 2.05) is 42.5 Å². The van der Waals surface area contributed by atoms with Crippen LogP contribution in [0.4, 0.5) is 5.69 Å². The molecule has 94 valence electrons. The molecule has 0 aliphatic rings. The molecule has 0 radical (unpaired) electrons. The quantitative estimate of drug-likeness (QED) is 0.638. The Hall–Kier alpha value is -1.27. The average molecular weight is 354 g/mol. The van der Waals surface area contributed by atoms with Gasteiger partial charge in [-0.05, 0) is 46.9 Å². The molecule has 2 N–H and O–H groups in total. The van der Waals surface area contributed by atoms with E-state index in [1.165, 1.54) is 3.57 Å². The molecule has 18 heavy (non-hydrogen) atoms. The molecule has 0 saturated heterocycles. The van der Waals surface area contributed by atoms with E-state index in [2.05, 4.69) is 39.5 Å². The maximum atomic E-state index is 5.36. The first-order chi connectivity index (χ1) is 8.81. The zero-order chi connectivity index (χ0) is 12.8. The number of ether oxygens (including phenoxy) is 1. The van der Waals surface area contributed by atoms with Crippen molar-refractivity contribution in [3.63, 3.8) is 0 Å². The van der Waals surface area contributed by atoms with E-state index >= 15 is 0 Å². The van der Waals surface area contributed by atoms with Crippen LogP contribution in [-0.2, 0) is 6.54 Å². The molecule has 3 nitrogen and oxygen atoms in total. The number of anilines is 1. The second kappa shape index (κ2) is 6.61. The molecule has 0 atom stereocenters. The van der Waals surface area contributed by atoms with E-state index in [0.29, 0.717) is 6.54 Å². The van der Waals surface area contributed by atoms with Crippen LogP contribution in [-0.4, -0.2) is 7.11 Å². The van der Waals surface area contributed by atoms with Crippen LogP contribution in [0.15, 0.2) is 48.5 Å². The normalized spacial score (nSPS) is 10.1. The maximum absolute atomic E-state index is 5.36. The molecule has 0 heterocycles. The van der Waals surface area contributed by atoms with Crippen molar-refractivity contribution < 1.29 is 4.74 Å².